The second-order valence-corrected chi connectivity index (χ2v) is 4.88. The van der Waals surface area contributed by atoms with Gasteiger partial charge < -0.3 is 10.3 Å². The molecule has 0 atom stereocenters. The fourth-order valence-electron chi connectivity index (χ4n) is 1.16. The van der Waals surface area contributed by atoms with Crippen LogP contribution in [0, 0.1) is 0 Å². The maximum absolute atomic E-state index is 11.4. The second kappa shape index (κ2) is 7.76. The molecule has 1 aromatic rings. The lowest BCUT2D eigenvalue weighted by molar-refractivity contribution is -0.139. The van der Waals surface area contributed by atoms with Crippen LogP contribution < -0.4 is 0 Å². The summed E-state index contributed by atoms with van der Waals surface area (Å²) in [5, 5.41) is 0. The Morgan fingerprint density at radius 1 is 1.44 bits per heavy atom. The highest BCUT2D eigenvalue weighted by atomic mass is 32.2. The lowest BCUT2D eigenvalue weighted by Crippen LogP contribution is -2.24. The van der Waals surface area contributed by atoms with Gasteiger partial charge in [0.2, 0.25) is 0 Å². The molecule has 94 valence electrons. The summed E-state index contributed by atoms with van der Waals surface area (Å²) in [7, 11) is 0. The molecule has 0 fully saturated rings. The Bertz CT molecular complexity index is 482. The van der Waals surface area contributed by atoms with Crippen molar-refractivity contribution in [3.63, 3.8) is 0 Å². The van der Waals surface area contributed by atoms with Gasteiger partial charge in [-0.3, -0.25) is 0 Å². The summed E-state index contributed by atoms with van der Waals surface area (Å²) >= 11 is 6.29. The van der Waals surface area contributed by atoms with Crippen molar-refractivity contribution in [3.8, 4) is 0 Å². The maximum Gasteiger partial charge on any atom is 0.423 e. The van der Waals surface area contributed by atoms with E-state index in [1.54, 1.807) is 6.92 Å². The molecule has 18 heavy (non-hydrogen) atoms. The average molecular weight is 280 g/mol. The fourth-order valence-corrected chi connectivity index (χ4v) is 2.21. The summed E-state index contributed by atoms with van der Waals surface area (Å²) in [6.45, 7) is 1.89. The van der Waals surface area contributed by atoms with Crippen LogP contribution in [0.4, 0.5) is 0 Å². The summed E-state index contributed by atoms with van der Waals surface area (Å²) in [4.78, 5) is 14.3. The van der Waals surface area contributed by atoms with Crippen molar-refractivity contribution in [2.24, 2.45) is 0 Å². The fraction of sp³-hybridized carbons (Fsp3) is 0.250. The van der Waals surface area contributed by atoms with E-state index in [1.807, 2.05) is 30.3 Å². The monoisotopic (exact) mass is 280 g/mol. The van der Waals surface area contributed by atoms with E-state index in [0.717, 1.165) is 5.56 Å². The first-order valence-corrected chi connectivity index (χ1v) is 6.68. The molecule has 0 amide bonds. The molecule has 0 bridgehead atoms. The molecule has 0 aliphatic carbocycles. The van der Waals surface area contributed by atoms with Crippen molar-refractivity contribution in [1.29, 1.82) is 0 Å². The minimum absolute atomic E-state index is 0.212. The zero-order valence-electron chi connectivity index (χ0n) is 9.83. The highest BCUT2D eigenvalue weighted by Gasteiger charge is 2.27. The number of carbonyl (C=O) groups excluding carboxylic acids is 1. The summed E-state index contributed by atoms with van der Waals surface area (Å²) < 4.78 is 4.96. The molecule has 1 aromatic carbocycles. The average Bonchev–Trinajstić information content (AvgIpc) is 2.39. The predicted octanol–water partition coefficient (Wildman–Crippen LogP) is 2.48. The van der Waals surface area contributed by atoms with Crippen LogP contribution in [0.2, 0.25) is 0 Å². The number of benzene rings is 1. The minimum Gasteiger partial charge on any atom is -0.457 e. The van der Waals surface area contributed by atoms with Gasteiger partial charge in [-0.05, 0) is 12.5 Å². The molecule has 6 heteroatoms. The topological polar surface area (TPSA) is 62.7 Å². The summed E-state index contributed by atoms with van der Waals surface area (Å²) in [6, 6.07) is 9.67. The molecule has 0 unspecified atom stereocenters. The Balaban J connectivity index is 2.59. The molecule has 1 rings (SSSR count). The lowest BCUT2D eigenvalue weighted by atomic mass is 10.2. The molecule has 0 N–H and O–H groups in total. The SMILES string of the molecule is CCOC(=O)C(=[N+]=[N-])C(=S)SCc1ccccc1. The van der Waals surface area contributed by atoms with Gasteiger partial charge in [0.1, 0.15) is 0 Å². The molecule has 0 aromatic heterocycles. The quantitative estimate of drug-likeness (QED) is 0.273. The van der Waals surface area contributed by atoms with Gasteiger partial charge in [0.05, 0.1) is 6.61 Å². The zero-order chi connectivity index (χ0) is 13.4. The summed E-state index contributed by atoms with van der Waals surface area (Å²) in [5.74, 6) is -0.0940. The van der Waals surface area contributed by atoms with Crippen LogP contribution in [0.1, 0.15) is 12.5 Å². The van der Waals surface area contributed by atoms with Crippen LogP contribution in [-0.4, -0.2) is 27.3 Å². The number of rotatable bonds is 5. The van der Waals surface area contributed by atoms with E-state index in [1.165, 1.54) is 11.8 Å². The van der Waals surface area contributed by atoms with E-state index in [9.17, 15) is 4.79 Å². The maximum atomic E-state index is 11.4. The van der Waals surface area contributed by atoms with Gasteiger partial charge >= 0.3 is 11.7 Å². The van der Waals surface area contributed by atoms with Crippen molar-refractivity contribution in [3.05, 3.63) is 41.4 Å². The van der Waals surface area contributed by atoms with Crippen molar-refractivity contribution in [2.45, 2.75) is 12.7 Å². The molecule has 0 aliphatic heterocycles. The van der Waals surface area contributed by atoms with Crippen molar-refractivity contribution < 1.29 is 14.3 Å². The Morgan fingerprint density at radius 2 is 2.11 bits per heavy atom. The van der Waals surface area contributed by atoms with Crippen LogP contribution in [0.25, 0.3) is 5.53 Å². The summed E-state index contributed by atoms with van der Waals surface area (Å²) in [5.41, 5.74) is 9.64. The predicted molar refractivity (Wildman–Crippen MR) is 75.6 cm³/mol. The first-order valence-electron chi connectivity index (χ1n) is 5.29. The smallest absolute Gasteiger partial charge is 0.423 e. The molecule has 0 aliphatic rings. The third-order valence-electron chi connectivity index (χ3n) is 1.97. The molecule has 0 spiro atoms. The largest absolute Gasteiger partial charge is 0.457 e. The molecular weight excluding hydrogens is 268 g/mol. The van der Waals surface area contributed by atoms with Gasteiger partial charge in [-0.2, -0.15) is 4.79 Å². The van der Waals surface area contributed by atoms with Gasteiger partial charge in [-0.1, -0.05) is 42.5 Å². The normalized spacial score (nSPS) is 9.39. The number of ether oxygens (including phenoxy) is 1. The van der Waals surface area contributed by atoms with E-state index in [-0.39, 0.29) is 16.5 Å². The second-order valence-electron chi connectivity index (χ2n) is 3.23. The van der Waals surface area contributed by atoms with Crippen molar-refractivity contribution in [2.75, 3.05) is 6.61 Å². The Labute approximate surface area is 115 Å². The van der Waals surface area contributed by atoms with Crippen molar-refractivity contribution >= 4 is 39.9 Å². The molecule has 0 radical (unpaired) electrons. The molecule has 0 saturated carbocycles. The molecule has 0 heterocycles. The zero-order valence-corrected chi connectivity index (χ0v) is 11.5. The lowest BCUT2D eigenvalue weighted by Gasteiger charge is -2.00. The van der Waals surface area contributed by atoms with E-state index < -0.39 is 5.97 Å². The Kier molecular flexibility index (Phi) is 6.28. The number of esters is 1. The van der Waals surface area contributed by atoms with E-state index in [2.05, 4.69) is 4.79 Å². The standard InChI is InChI=1S/C12H12N2O2S2/c1-2-16-11(15)10(14-13)12(17)18-8-9-6-4-3-5-7-9/h3-7H,2,8H2,1H3. The van der Waals surface area contributed by atoms with Crippen LogP contribution >= 0.6 is 24.0 Å². The third kappa shape index (κ3) is 4.41. The Hall–Kier alpha value is -1.49. The minimum atomic E-state index is -0.703. The molecule has 0 saturated heterocycles. The van der Waals surface area contributed by atoms with E-state index in [0.29, 0.717) is 5.75 Å². The first-order chi connectivity index (χ1) is 8.69. The molecular formula is C12H12N2O2S2. The van der Waals surface area contributed by atoms with Gasteiger partial charge in [-0.15, -0.1) is 11.8 Å². The van der Waals surface area contributed by atoms with Crippen LogP contribution in [0.3, 0.4) is 0 Å². The number of hydrogen-bond acceptors (Lipinski definition) is 4. The van der Waals surface area contributed by atoms with Crippen molar-refractivity contribution in [1.82, 2.24) is 0 Å². The number of hydrogen-bond donors (Lipinski definition) is 0. The van der Waals surface area contributed by atoms with E-state index >= 15 is 0 Å². The van der Waals surface area contributed by atoms with Crippen LogP contribution in [0.15, 0.2) is 30.3 Å². The third-order valence-corrected chi connectivity index (χ3v) is 3.45. The van der Waals surface area contributed by atoms with Gasteiger partial charge in [0.25, 0.3) is 0 Å². The number of thioether (sulfide) groups is 1. The van der Waals surface area contributed by atoms with Gasteiger partial charge in [-0.25, -0.2) is 4.79 Å². The van der Waals surface area contributed by atoms with Crippen LogP contribution in [0.5, 0.6) is 0 Å². The van der Waals surface area contributed by atoms with Crippen LogP contribution in [-0.2, 0) is 15.3 Å². The number of thiocarbonyl (C=S) groups is 1. The number of nitrogens with zero attached hydrogens (tertiary/aromatic N) is 2. The summed E-state index contributed by atoms with van der Waals surface area (Å²) in [6.07, 6.45) is 0. The highest BCUT2D eigenvalue weighted by Crippen LogP contribution is 2.14. The first kappa shape index (κ1) is 14.6. The van der Waals surface area contributed by atoms with Gasteiger partial charge in [0, 0.05) is 5.75 Å². The van der Waals surface area contributed by atoms with Gasteiger partial charge in [0.15, 0.2) is 4.20 Å². The highest BCUT2D eigenvalue weighted by molar-refractivity contribution is 8.25. The van der Waals surface area contributed by atoms with E-state index in [4.69, 9.17) is 22.5 Å². The molecule has 4 nitrogen and oxygen atoms in total. The Morgan fingerprint density at radius 3 is 2.67 bits per heavy atom. The number of carbonyl (C=O) groups is 1.